The van der Waals surface area contributed by atoms with Crippen LogP contribution in [-0.4, -0.2) is 79.0 Å². The van der Waals surface area contributed by atoms with E-state index in [0.29, 0.717) is 49.8 Å². The summed E-state index contributed by atoms with van der Waals surface area (Å²) in [5.74, 6) is -1.65. The van der Waals surface area contributed by atoms with Crippen LogP contribution in [0.1, 0.15) is 35.1 Å². The molecule has 2 aromatic heterocycles. The van der Waals surface area contributed by atoms with E-state index < -0.39 is 28.2 Å². The Hall–Kier alpha value is -3.84. The number of benzene rings is 1. The molecule has 12 nitrogen and oxygen atoms in total. The number of aromatic nitrogens is 3. The van der Waals surface area contributed by atoms with Gasteiger partial charge in [0, 0.05) is 57.3 Å². The first-order valence-electron chi connectivity index (χ1n) is 12.1. The number of carboxylic acids is 1. The van der Waals surface area contributed by atoms with Crippen LogP contribution in [0.15, 0.2) is 29.3 Å². The summed E-state index contributed by atoms with van der Waals surface area (Å²) in [4.78, 5) is 42.7. The van der Waals surface area contributed by atoms with Gasteiger partial charge >= 0.3 is 11.8 Å². The number of carboxylic acid groups (broad SMARTS) is 1. The van der Waals surface area contributed by atoms with Gasteiger partial charge in [0.05, 0.1) is 11.2 Å². The molecule has 37 heavy (non-hydrogen) atoms. The van der Waals surface area contributed by atoms with Gasteiger partial charge in [0.15, 0.2) is 5.82 Å². The van der Waals surface area contributed by atoms with Crippen molar-refractivity contribution in [3.8, 4) is 0 Å². The molecule has 5 rings (SSSR count). The van der Waals surface area contributed by atoms with Gasteiger partial charge in [-0.05, 0) is 29.9 Å². The maximum absolute atomic E-state index is 15.2. The van der Waals surface area contributed by atoms with E-state index in [1.807, 2.05) is 9.80 Å². The first-order chi connectivity index (χ1) is 17.6. The minimum Gasteiger partial charge on any atom is -0.477 e. The third kappa shape index (κ3) is 4.79. The van der Waals surface area contributed by atoms with Crippen molar-refractivity contribution >= 4 is 28.4 Å². The predicted molar refractivity (Wildman–Crippen MR) is 132 cm³/mol. The zero-order valence-corrected chi connectivity index (χ0v) is 20.2. The van der Waals surface area contributed by atoms with Crippen molar-refractivity contribution in [3.63, 3.8) is 0 Å². The molecule has 2 N–H and O–H groups in total. The predicted octanol–water partition coefficient (Wildman–Crippen LogP) is 1.77. The molecule has 196 valence electrons. The van der Waals surface area contributed by atoms with Crippen molar-refractivity contribution < 1.29 is 24.3 Å². The maximum Gasteiger partial charge on any atom is 0.342 e. The van der Waals surface area contributed by atoms with Crippen LogP contribution in [0.25, 0.3) is 10.9 Å². The second-order valence-electron chi connectivity index (χ2n) is 9.61. The van der Waals surface area contributed by atoms with Gasteiger partial charge in [-0.15, -0.1) is 0 Å². The highest BCUT2D eigenvalue weighted by Crippen LogP contribution is 2.38. The number of aliphatic hydroxyl groups is 1. The van der Waals surface area contributed by atoms with Crippen molar-refractivity contribution in [2.45, 2.75) is 38.5 Å². The number of imidazole rings is 1. The van der Waals surface area contributed by atoms with E-state index in [1.54, 1.807) is 17.6 Å². The number of aromatic carboxylic acids is 1. The number of aliphatic hydroxyl groups excluding tert-OH is 1. The molecule has 1 aromatic carbocycles. The molecular formula is C24H27FN6O6. The quantitative estimate of drug-likeness (QED) is 0.339. The average Bonchev–Trinajstić information content (AvgIpc) is 3.63. The Morgan fingerprint density at radius 3 is 2.57 bits per heavy atom. The van der Waals surface area contributed by atoms with Crippen LogP contribution in [-0.2, 0) is 6.54 Å². The van der Waals surface area contributed by atoms with Crippen LogP contribution >= 0.6 is 0 Å². The number of β-amino-alcohol motifs (C(OH)–C–C–N with tert-alkyl or cyclic N) is 1. The van der Waals surface area contributed by atoms with Gasteiger partial charge in [-0.1, -0.05) is 0 Å². The van der Waals surface area contributed by atoms with Gasteiger partial charge < -0.3 is 29.8 Å². The molecule has 1 aliphatic heterocycles. The summed E-state index contributed by atoms with van der Waals surface area (Å²) in [7, 11) is 0. The average molecular weight is 515 g/mol. The fourth-order valence-electron chi connectivity index (χ4n) is 4.97. The molecule has 3 aromatic rings. The minimum absolute atomic E-state index is 0.0404. The number of pyridine rings is 1. The van der Waals surface area contributed by atoms with Crippen LogP contribution in [0.4, 0.5) is 15.9 Å². The molecule has 0 bridgehead atoms. The zero-order valence-electron chi connectivity index (χ0n) is 20.2. The normalized spacial score (nSPS) is 17.3. The Morgan fingerprint density at radius 1 is 1.24 bits per heavy atom. The summed E-state index contributed by atoms with van der Waals surface area (Å²) >= 11 is 0. The summed E-state index contributed by atoms with van der Waals surface area (Å²) < 4.78 is 18.3. The number of aryl methyl sites for hydroxylation is 1. The maximum atomic E-state index is 15.2. The molecule has 0 radical (unpaired) electrons. The summed E-state index contributed by atoms with van der Waals surface area (Å²) in [6, 6.07) is 2.85. The Balaban J connectivity index is 1.30. The molecule has 3 heterocycles. The fraction of sp³-hybridized carbons (Fsp3) is 0.458. The number of hydrogen-bond acceptors (Lipinski definition) is 8. The summed E-state index contributed by atoms with van der Waals surface area (Å²) in [5.41, 5.74) is -0.203. The Bertz CT molecular complexity index is 1440. The van der Waals surface area contributed by atoms with Gasteiger partial charge in [-0.25, -0.2) is 18.7 Å². The molecule has 2 aliphatic rings. The van der Waals surface area contributed by atoms with Crippen LogP contribution < -0.4 is 10.3 Å². The van der Waals surface area contributed by atoms with E-state index in [2.05, 4.69) is 4.98 Å². The third-order valence-electron chi connectivity index (χ3n) is 7.07. The summed E-state index contributed by atoms with van der Waals surface area (Å²) in [6.45, 7) is 3.99. The first kappa shape index (κ1) is 24.8. The number of rotatable bonds is 8. The molecular weight excluding hydrogens is 487 g/mol. The van der Waals surface area contributed by atoms with Gasteiger partial charge in [0.25, 0.3) is 0 Å². The standard InChI is InChI=1S/C24H27FN6O6/c1-14-26-10-22(31(36)37)29(14)12-16(32)11-27-4-6-28(7-5-27)21-9-20-17(8-19(21)25)23(33)18(24(34)35)13-30(20)15-2-3-15/h8-10,13,15-16,32H,2-7,11-12H2,1H3,(H,34,35). The number of halogens is 1. The van der Waals surface area contributed by atoms with Crippen LogP contribution in [0.5, 0.6) is 0 Å². The number of fused-ring (bicyclic) bond motifs is 1. The number of piperazine rings is 1. The molecule has 1 unspecified atom stereocenters. The largest absolute Gasteiger partial charge is 0.477 e. The van der Waals surface area contributed by atoms with E-state index >= 15 is 4.39 Å². The number of anilines is 1. The molecule has 0 amide bonds. The van der Waals surface area contributed by atoms with Crippen LogP contribution in [0, 0.1) is 22.9 Å². The Morgan fingerprint density at radius 2 is 1.95 bits per heavy atom. The summed E-state index contributed by atoms with van der Waals surface area (Å²) in [6.07, 6.45) is 3.41. The van der Waals surface area contributed by atoms with E-state index in [4.69, 9.17) is 0 Å². The lowest BCUT2D eigenvalue weighted by molar-refractivity contribution is -0.392. The Labute approximate surface area is 210 Å². The highest BCUT2D eigenvalue weighted by molar-refractivity contribution is 5.93. The van der Waals surface area contributed by atoms with Gasteiger partial charge in [-0.3, -0.25) is 9.69 Å². The molecule has 13 heteroatoms. The zero-order chi connectivity index (χ0) is 26.4. The van der Waals surface area contributed by atoms with Crippen molar-refractivity contribution in [3.05, 3.63) is 62.1 Å². The van der Waals surface area contributed by atoms with Crippen LogP contribution in [0.3, 0.4) is 0 Å². The molecule has 2 fully saturated rings. The molecule has 0 spiro atoms. The second-order valence-corrected chi connectivity index (χ2v) is 9.61. The molecule has 1 aliphatic carbocycles. The SMILES string of the molecule is Cc1ncc([N+](=O)[O-])n1CC(O)CN1CCN(c2cc3c(cc2F)c(=O)c(C(=O)O)cn3C2CC2)CC1. The van der Waals surface area contributed by atoms with Crippen molar-refractivity contribution in [1.29, 1.82) is 0 Å². The first-order valence-corrected chi connectivity index (χ1v) is 12.1. The third-order valence-corrected chi connectivity index (χ3v) is 7.07. The van der Waals surface area contributed by atoms with E-state index in [-0.39, 0.29) is 29.4 Å². The van der Waals surface area contributed by atoms with Gasteiger partial charge in [0.1, 0.15) is 30.2 Å². The van der Waals surface area contributed by atoms with Crippen molar-refractivity contribution in [1.82, 2.24) is 19.0 Å². The highest BCUT2D eigenvalue weighted by Gasteiger charge is 2.29. The topological polar surface area (TPSA) is 147 Å². The van der Waals surface area contributed by atoms with Crippen LogP contribution in [0.2, 0.25) is 0 Å². The monoisotopic (exact) mass is 514 g/mol. The van der Waals surface area contributed by atoms with E-state index in [1.165, 1.54) is 17.0 Å². The molecule has 1 saturated heterocycles. The van der Waals surface area contributed by atoms with Crippen molar-refractivity contribution in [2.75, 3.05) is 37.6 Å². The lowest BCUT2D eigenvalue weighted by atomic mass is 10.1. The summed E-state index contributed by atoms with van der Waals surface area (Å²) in [5, 5.41) is 31.2. The van der Waals surface area contributed by atoms with Gasteiger partial charge in [-0.2, -0.15) is 0 Å². The van der Waals surface area contributed by atoms with E-state index in [9.17, 15) is 29.9 Å². The smallest absolute Gasteiger partial charge is 0.342 e. The number of nitrogens with zero attached hydrogens (tertiary/aromatic N) is 6. The Kier molecular flexibility index (Phi) is 6.42. The number of hydrogen-bond donors (Lipinski definition) is 2. The van der Waals surface area contributed by atoms with Gasteiger partial charge in [0.2, 0.25) is 5.43 Å². The van der Waals surface area contributed by atoms with E-state index in [0.717, 1.165) is 18.9 Å². The molecule has 1 atom stereocenters. The number of carbonyl (C=O) groups is 1. The second kappa shape index (κ2) is 9.56. The lowest BCUT2D eigenvalue weighted by Crippen LogP contribution is -2.49. The minimum atomic E-state index is -1.33. The fourth-order valence-corrected chi connectivity index (χ4v) is 4.97. The highest BCUT2D eigenvalue weighted by atomic mass is 19.1. The number of nitro groups is 1. The lowest BCUT2D eigenvalue weighted by Gasteiger charge is -2.37. The van der Waals surface area contributed by atoms with Crippen molar-refractivity contribution in [2.24, 2.45) is 0 Å². The molecule has 1 saturated carbocycles.